The highest BCUT2D eigenvalue weighted by molar-refractivity contribution is 6.02. The van der Waals surface area contributed by atoms with Gasteiger partial charge >= 0.3 is 11.9 Å². The number of carboxylic acids is 1. The molecule has 108 valence electrons. The van der Waals surface area contributed by atoms with Crippen LogP contribution in [-0.4, -0.2) is 23.7 Å². The molecule has 0 amide bonds. The summed E-state index contributed by atoms with van der Waals surface area (Å²) in [4.78, 5) is 22.9. The summed E-state index contributed by atoms with van der Waals surface area (Å²) in [5.41, 5.74) is 0.0609. The number of hydrogen-bond acceptors (Lipinski definition) is 3. The number of esters is 1. The Morgan fingerprint density at radius 2 is 2.00 bits per heavy atom. The van der Waals surface area contributed by atoms with Gasteiger partial charge in [-0.1, -0.05) is 25.1 Å². The summed E-state index contributed by atoms with van der Waals surface area (Å²) in [5.74, 6) is -1.29. The van der Waals surface area contributed by atoms with Crippen molar-refractivity contribution in [2.24, 2.45) is 5.92 Å². The first-order valence-corrected chi connectivity index (χ1v) is 6.72. The molecular weight excluding hydrogens is 256 g/mol. The van der Waals surface area contributed by atoms with Gasteiger partial charge in [0.05, 0.1) is 17.7 Å². The van der Waals surface area contributed by atoms with Crippen LogP contribution in [0.15, 0.2) is 36.9 Å². The number of hydrogen-bond donors (Lipinski definition) is 1. The SMILES string of the molecule is C=CC(CC)CCCOC(=O)c1ccccc1C(=O)O. The highest BCUT2D eigenvalue weighted by Crippen LogP contribution is 2.13. The molecule has 0 radical (unpaired) electrons. The monoisotopic (exact) mass is 276 g/mol. The zero-order chi connectivity index (χ0) is 15.0. The van der Waals surface area contributed by atoms with Crippen molar-refractivity contribution in [2.75, 3.05) is 6.61 Å². The lowest BCUT2D eigenvalue weighted by atomic mass is 10.0. The molecule has 1 rings (SSSR count). The molecule has 0 bridgehead atoms. The third kappa shape index (κ3) is 4.53. The first kappa shape index (κ1) is 16.0. The average Bonchev–Trinajstić information content (AvgIpc) is 2.47. The molecule has 1 atom stereocenters. The Morgan fingerprint density at radius 1 is 1.35 bits per heavy atom. The zero-order valence-electron chi connectivity index (χ0n) is 11.7. The molecule has 1 aromatic carbocycles. The van der Waals surface area contributed by atoms with Crippen LogP contribution in [0.2, 0.25) is 0 Å². The van der Waals surface area contributed by atoms with E-state index in [1.165, 1.54) is 12.1 Å². The lowest BCUT2D eigenvalue weighted by Gasteiger charge is -2.10. The molecule has 1 aromatic rings. The van der Waals surface area contributed by atoms with Gasteiger partial charge in [0, 0.05) is 0 Å². The van der Waals surface area contributed by atoms with Crippen LogP contribution in [-0.2, 0) is 4.74 Å². The van der Waals surface area contributed by atoms with Gasteiger partial charge in [0.1, 0.15) is 0 Å². The van der Waals surface area contributed by atoms with Crippen LogP contribution in [0, 0.1) is 5.92 Å². The fraction of sp³-hybridized carbons (Fsp3) is 0.375. The Morgan fingerprint density at radius 3 is 2.55 bits per heavy atom. The fourth-order valence-corrected chi connectivity index (χ4v) is 1.92. The quantitative estimate of drug-likeness (QED) is 0.448. The van der Waals surface area contributed by atoms with Crippen LogP contribution in [0.25, 0.3) is 0 Å². The van der Waals surface area contributed by atoms with Crippen molar-refractivity contribution in [2.45, 2.75) is 26.2 Å². The van der Waals surface area contributed by atoms with E-state index in [2.05, 4.69) is 13.5 Å². The highest BCUT2D eigenvalue weighted by Gasteiger charge is 2.16. The van der Waals surface area contributed by atoms with E-state index in [4.69, 9.17) is 9.84 Å². The number of carboxylic acid groups (broad SMARTS) is 1. The van der Waals surface area contributed by atoms with E-state index >= 15 is 0 Å². The van der Waals surface area contributed by atoms with Crippen molar-refractivity contribution < 1.29 is 19.4 Å². The van der Waals surface area contributed by atoms with Gasteiger partial charge in [-0.25, -0.2) is 9.59 Å². The number of aromatic carboxylic acids is 1. The topological polar surface area (TPSA) is 63.6 Å². The molecule has 0 saturated carbocycles. The molecule has 0 fully saturated rings. The van der Waals surface area contributed by atoms with E-state index in [1.54, 1.807) is 12.1 Å². The van der Waals surface area contributed by atoms with Crippen molar-refractivity contribution in [3.8, 4) is 0 Å². The molecule has 0 aliphatic carbocycles. The van der Waals surface area contributed by atoms with Crippen LogP contribution in [0.1, 0.15) is 46.9 Å². The second-order valence-corrected chi connectivity index (χ2v) is 4.53. The molecule has 1 unspecified atom stereocenters. The average molecular weight is 276 g/mol. The van der Waals surface area contributed by atoms with Gasteiger partial charge in [0.25, 0.3) is 0 Å². The summed E-state index contributed by atoms with van der Waals surface area (Å²) < 4.78 is 5.12. The van der Waals surface area contributed by atoms with E-state index in [-0.39, 0.29) is 17.7 Å². The maximum atomic E-state index is 11.8. The largest absolute Gasteiger partial charge is 0.478 e. The summed E-state index contributed by atoms with van der Waals surface area (Å²) in [6, 6.07) is 6.05. The van der Waals surface area contributed by atoms with Crippen LogP contribution >= 0.6 is 0 Å². The maximum Gasteiger partial charge on any atom is 0.339 e. The Labute approximate surface area is 119 Å². The van der Waals surface area contributed by atoms with E-state index < -0.39 is 11.9 Å². The molecule has 0 spiro atoms. The molecular formula is C16H20O4. The lowest BCUT2D eigenvalue weighted by Crippen LogP contribution is -2.12. The number of rotatable bonds is 8. The van der Waals surface area contributed by atoms with Gasteiger partial charge < -0.3 is 9.84 Å². The molecule has 4 nitrogen and oxygen atoms in total. The molecule has 0 saturated heterocycles. The Hall–Kier alpha value is -2.10. The molecule has 0 aliphatic heterocycles. The van der Waals surface area contributed by atoms with Crippen LogP contribution in [0.4, 0.5) is 0 Å². The van der Waals surface area contributed by atoms with Gasteiger partial charge in [0.15, 0.2) is 0 Å². The zero-order valence-corrected chi connectivity index (χ0v) is 11.7. The van der Waals surface area contributed by atoms with E-state index in [1.807, 2.05) is 6.08 Å². The van der Waals surface area contributed by atoms with Crippen molar-refractivity contribution in [1.29, 1.82) is 0 Å². The molecule has 20 heavy (non-hydrogen) atoms. The van der Waals surface area contributed by atoms with Crippen LogP contribution in [0.3, 0.4) is 0 Å². The number of ether oxygens (including phenoxy) is 1. The first-order chi connectivity index (χ1) is 9.60. The molecule has 4 heteroatoms. The van der Waals surface area contributed by atoms with Gasteiger partial charge in [0.2, 0.25) is 0 Å². The number of allylic oxidation sites excluding steroid dienone is 1. The summed E-state index contributed by atoms with van der Waals surface area (Å²) in [5, 5.41) is 9.00. The highest BCUT2D eigenvalue weighted by atomic mass is 16.5. The molecule has 0 aromatic heterocycles. The van der Waals surface area contributed by atoms with Crippen molar-refractivity contribution in [3.05, 3.63) is 48.0 Å². The van der Waals surface area contributed by atoms with Crippen molar-refractivity contribution in [1.82, 2.24) is 0 Å². The van der Waals surface area contributed by atoms with Crippen molar-refractivity contribution >= 4 is 11.9 Å². The summed E-state index contributed by atoms with van der Waals surface area (Å²) in [6.45, 7) is 6.12. The molecule has 0 aliphatic rings. The number of carbonyl (C=O) groups excluding carboxylic acids is 1. The van der Waals surface area contributed by atoms with Crippen LogP contribution in [0.5, 0.6) is 0 Å². The predicted molar refractivity (Wildman–Crippen MR) is 76.9 cm³/mol. The van der Waals surface area contributed by atoms with Crippen LogP contribution < -0.4 is 0 Å². The van der Waals surface area contributed by atoms with E-state index in [0.717, 1.165) is 19.3 Å². The minimum Gasteiger partial charge on any atom is -0.478 e. The van der Waals surface area contributed by atoms with Crippen molar-refractivity contribution in [3.63, 3.8) is 0 Å². The molecule has 0 heterocycles. The third-order valence-corrected chi connectivity index (χ3v) is 3.19. The minimum atomic E-state index is -1.13. The first-order valence-electron chi connectivity index (χ1n) is 6.72. The van der Waals surface area contributed by atoms with E-state index in [0.29, 0.717) is 5.92 Å². The third-order valence-electron chi connectivity index (χ3n) is 3.19. The van der Waals surface area contributed by atoms with E-state index in [9.17, 15) is 9.59 Å². The van der Waals surface area contributed by atoms with Gasteiger partial charge in [-0.2, -0.15) is 0 Å². The van der Waals surface area contributed by atoms with Gasteiger partial charge in [-0.15, -0.1) is 6.58 Å². The predicted octanol–water partition coefficient (Wildman–Crippen LogP) is 3.53. The maximum absolute atomic E-state index is 11.8. The number of carbonyl (C=O) groups is 2. The second kappa shape index (κ2) is 8.15. The smallest absolute Gasteiger partial charge is 0.339 e. The number of benzene rings is 1. The standard InChI is InChI=1S/C16H20O4/c1-3-12(4-2)8-7-11-20-16(19)14-10-6-5-9-13(14)15(17)18/h3,5-6,9-10,12H,1,4,7-8,11H2,2H3,(H,17,18). The second-order valence-electron chi connectivity index (χ2n) is 4.53. The summed E-state index contributed by atoms with van der Waals surface area (Å²) >= 11 is 0. The van der Waals surface area contributed by atoms with Gasteiger partial charge in [-0.05, 0) is 37.3 Å². The Balaban J connectivity index is 2.51. The Bertz CT molecular complexity index is 479. The fourth-order valence-electron chi connectivity index (χ4n) is 1.92. The van der Waals surface area contributed by atoms with Gasteiger partial charge in [-0.3, -0.25) is 0 Å². The normalized spacial score (nSPS) is 11.7. The summed E-state index contributed by atoms with van der Waals surface area (Å²) in [7, 11) is 0. The minimum absolute atomic E-state index is 0.0324. The summed E-state index contributed by atoms with van der Waals surface area (Å²) in [6.07, 6.45) is 4.57. The Kier molecular flexibility index (Phi) is 6.50. The lowest BCUT2D eigenvalue weighted by molar-refractivity contribution is 0.0485. The molecule has 1 N–H and O–H groups in total.